The molecular formula is C15H15NO5. The highest BCUT2D eigenvalue weighted by atomic mass is 16.6. The standard InChI is InChI=1S/C15H15NO5/c1-10(17)11-3-5-12(6-4-11)21-13-7-8-15(20-2)14(9-13)16(18)19/h3-10,17H,1-2H3/t10-/m0/s1. The molecule has 2 rings (SSSR count). The molecule has 1 atom stereocenters. The molecule has 1 N–H and O–H groups in total. The maximum atomic E-state index is 10.9. The summed E-state index contributed by atoms with van der Waals surface area (Å²) in [6.45, 7) is 1.67. The number of rotatable bonds is 5. The summed E-state index contributed by atoms with van der Waals surface area (Å²) < 4.78 is 10.5. The summed E-state index contributed by atoms with van der Waals surface area (Å²) >= 11 is 0. The Morgan fingerprint density at radius 3 is 2.29 bits per heavy atom. The van der Waals surface area contributed by atoms with E-state index in [1.165, 1.54) is 19.2 Å². The molecule has 6 nitrogen and oxygen atoms in total. The summed E-state index contributed by atoms with van der Waals surface area (Å²) in [4.78, 5) is 10.4. The Morgan fingerprint density at radius 1 is 1.14 bits per heavy atom. The number of methoxy groups -OCH3 is 1. The molecule has 0 bridgehead atoms. The smallest absolute Gasteiger partial charge is 0.314 e. The Labute approximate surface area is 121 Å². The highest BCUT2D eigenvalue weighted by molar-refractivity contribution is 5.51. The first-order valence-electron chi connectivity index (χ1n) is 6.29. The highest BCUT2D eigenvalue weighted by Crippen LogP contribution is 2.33. The molecule has 110 valence electrons. The van der Waals surface area contributed by atoms with Crippen molar-refractivity contribution in [3.05, 3.63) is 58.1 Å². The minimum Gasteiger partial charge on any atom is -0.490 e. The van der Waals surface area contributed by atoms with Gasteiger partial charge in [-0.05, 0) is 36.8 Å². The molecule has 2 aromatic rings. The van der Waals surface area contributed by atoms with E-state index in [-0.39, 0.29) is 11.4 Å². The van der Waals surface area contributed by atoms with E-state index in [9.17, 15) is 15.2 Å². The number of hydrogen-bond acceptors (Lipinski definition) is 5. The lowest BCUT2D eigenvalue weighted by atomic mass is 10.1. The van der Waals surface area contributed by atoms with Gasteiger partial charge in [0.25, 0.3) is 0 Å². The van der Waals surface area contributed by atoms with Crippen LogP contribution >= 0.6 is 0 Å². The van der Waals surface area contributed by atoms with Gasteiger partial charge >= 0.3 is 5.69 Å². The number of benzene rings is 2. The lowest BCUT2D eigenvalue weighted by molar-refractivity contribution is -0.385. The molecule has 0 amide bonds. The highest BCUT2D eigenvalue weighted by Gasteiger charge is 2.16. The van der Waals surface area contributed by atoms with Crippen molar-refractivity contribution < 1.29 is 19.5 Å². The van der Waals surface area contributed by atoms with Crippen molar-refractivity contribution in [3.8, 4) is 17.2 Å². The van der Waals surface area contributed by atoms with E-state index in [1.54, 1.807) is 37.3 Å². The van der Waals surface area contributed by atoms with Crippen LogP contribution in [0.3, 0.4) is 0 Å². The zero-order chi connectivity index (χ0) is 15.4. The number of ether oxygens (including phenoxy) is 2. The first-order chi connectivity index (χ1) is 10.0. The Balaban J connectivity index is 2.23. The summed E-state index contributed by atoms with van der Waals surface area (Å²) in [6.07, 6.45) is -0.555. The molecule has 0 saturated heterocycles. The van der Waals surface area contributed by atoms with Crippen LogP contribution < -0.4 is 9.47 Å². The van der Waals surface area contributed by atoms with Gasteiger partial charge in [0.15, 0.2) is 5.75 Å². The van der Waals surface area contributed by atoms with E-state index in [0.29, 0.717) is 11.5 Å². The van der Waals surface area contributed by atoms with Crippen LogP contribution in [0.15, 0.2) is 42.5 Å². The first kappa shape index (κ1) is 14.8. The van der Waals surface area contributed by atoms with Crippen molar-refractivity contribution in [2.24, 2.45) is 0 Å². The Hall–Kier alpha value is -2.60. The molecule has 0 heterocycles. The largest absolute Gasteiger partial charge is 0.490 e. The molecule has 0 unspecified atom stereocenters. The van der Waals surface area contributed by atoms with E-state index in [2.05, 4.69) is 0 Å². The predicted molar refractivity (Wildman–Crippen MR) is 76.8 cm³/mol. The van der Waals surface area contributed by atoms with Crippen LogP contribution in [0.1, 0.15) is 18.6 Å². The molecule has 0 aliphatic carbocycles. The summed E-state index contributed by atoms with van der Waals surface area (Å²) in [5.41, 5.74) is 0.610. The maximum Gasteiger partial charge on any atom is 0.314 e. The zero-order valence-corrected chi connectivity index (χ0v) is 11.6. The van der Waals surface area contributed by atoms with E-state index in [1.807, 2.05) is 0 Å². The molecule has 21 heavy (non-hydrogen) atoms. The Bertz CT molecular complexity index is 637. The van der Waals surface area contributed by atoms with Crippen molar-refractivity contribution >= 4 is 5.69 Å². The molecule has 0 aliphatic rings. The molecule has 0 spiro atoms. The molecule has 0 aromatic heterocycles. The van der Waals surface area contributed by atoms with Gasteiger partial charge in [0, 0.05) is 0 Å². The van der Waals surface area contributed by atoms with Gasteiger partial charge in [0.05, 0.1) is 24.2 Å². The molecular weight excluding hydrogens is 274 g/mol. The number of nitrogens with zero attached hydrogens (tertiary/aromatic N) is 1. The first-order valence-corrected chi connectivity index (χ1v) is 6.29. The number of aliphatic hydroxyl groups excluding tert-OH is 1. The third-order valence-corrected chi connectivity index (χ3v) is 2.95. The molecule has 0 fully saturated rings. The van der Waals surface area contributed by atoms with E-state index in [4.69, 9.17) is 9.47 Å². The quantitative estimate of drug-likeness (QED) is 0.673. The van der Waals surface area contributed by atoms with E-state index >= 15 is 0 Å². The Morgan fingerprint density at radius 2 is 1.76 bits per heavy atom. The topological polar surface area (TPSA) is 81.8 Å². The van der Waals surface area contributed by atoms with Gasteiger partial charge in [-0.1, -0.05) is 12.1 Å². The lowest BCUT2D eigenvalue weighted by Crippen LogP contribution is -1.95. The minimum absolute atomic E-state index is 0.157. The second-order valence-corrected chi connectivity index (χ2v) is 4.44. The fourth-order valence-electron chi connectivity index (χ4n) is 1.83. The van der Waals surface area contributed by atoms with Gasteiger partial charge in [-0.3, -0.25) is 10.1 Å². The van der Waals surface area contributed by atoms with Crippen LogP contribution in [0.2, 0.25) is 0 Å². The third-order valence-electron chi connectivity index (χ3n) is 2.95. The van der Waals surface area contributed by atoms with Crippen molar-refractivity contribution in [3.63, 3.8) is 0 Å². The monoisotopic (exact) mass is 289 g/mol. The number of nitro benzene ring substituents is 1. The normalized spacial score (nSPS) is 11.8. The summed E-state index contributed by atoms with van der Waals surface area (Å²) in [5.74, 6) is 1.04. The van der Waals surface area contributed by atoms with Crippen LogP contribution in [-0.2, 0) is 0 Å². The molecule has 6 heteroatoms. The van der Waals surface area contributed by atoms with Gasteiger partial charge in [0.1, 0.15) is 11.5 Å². The predicted octanol–water partition coefficient (Wildman–Crippen LogP) is 3.45. The van der Waals surface area contributed by atoms with Crippen molar-refractivity contribution in [1.82, 2.24) is 0 Å². The van der Waals surface area contributed by atoms with Crippen molar-refractivity contribution in [1.29, 1.82) is 0 Å². The average molecular weight is 289 g/mol. The summed E-state index contributed by atoms with van der Waals surface area (Å²) in [7, 11) is 1.37. The number of hydrogen-bond donors (Lipinski definition) is 1. The number of nitro groups is 1. The summed E-state index contributed by atoms with van der Waals surface area (Å²) in [6, 6.07) is 11.2. The van der Waals surface area contributed by atoms with Crippen molar-refractivity contribution in [2.45, 2.75) is 13.0 Å². The van der Waals surface area contributed by atoms with Crippen LogP contribution in [0.25, 0.3) is 0 Å². The van der Waals surface area contributed by atoms with E-state index < -0.39 is 11.0 Å². The van der Waals surface area contributed by atoms with Crippen LogP contribution in [0, 0.1) is 10.1 Å². The van der Waals surface area contributed by atoms with Gasteiger partial charge in [-0.25, -0.2) is 0 Å². The molecule has 0 radical (unpaired) electrons. The van der Waals surface area contributed by atoms with Crippen LogP contribution in [0.5, 0.6) is 17.2 Å². The second-order valence-electron chi connectivity index (χ2n) is 4.44. The van der Waals surface area contributed by atoms with Gasteiger partial charge < -0.3 is 14.6 Å². The fourth-order valence-corrected chi connectivity index (χ4v) is 1.83. The lowest BCUT2D eigenvalue weighted by Gasteiger charge is -2.09. The molecule has 2 aromatic carbocycles. The third kappa shape index (κ3) is 3.49. The zero-order valence-electron chi connectivity index (χ0n) is 11.6. The van der Waals surface area contributed by atoms with Gasteiger partial charge in [-0.15, -0.1) is 0 Å². The Kier molecular flexibility index (Phi) is 4.39. The van der Waals surface area contributed by atoms with E-state index in [0.717, 1.165) is 5.56 Å². The maximum absolute atomic E-state index is 10.9. The SMILES string of the molecule is COc1ccc(Oc2ccc([C@H](C)O)cc2)cc1[N+](=O)[O-]. The molecule has 0 saturated carbocycles. The fraction of sp³-hybridized carbons (Fsp3) is 0.200. The number of aliphatic hydroxyl groups is 1. The van der Waals surface area contributed by atoms with Crippen molar-refractivity contribution in [2.75, 3.05) is 7.11 Å². The average Bonchev–Trinajstić information content (AvgIpc) is 2.47. The van der Waals surface area contributed by atoms with Crippen LogP contribution in [-0.4, -0.2) is 17.1 Å². The van der Waals surface area contributed by atoms with Crippen LogP contribution in [0.4, 0.5) is 5.69 Å². The molecule has 0 aliphatic heterocycles. The van der Waals surface area contributed by atoms with Gasteiger partial charge in [-0.2, -0.15) is 0 Å². The summed E-state index contributed by atoms with van der Waals surface area (Å²) in [5, 5.41) is 20.4. The van der Waals surface area contributed by atoms with Gasteiger partial charge in [0.2, 0.25) is 0 Å². The second kappa shape index (κ2) is 6.23. The minimum atomic E-state index is -0.555.